The molecule has 0 saturated carbocycles. The summed E-state index contributed by atoms with van der Waals surface area (Å²) in [5.41, 5.74) is 0.207. The average Bonchev–Trinajstić information content (AvgIpc) is 3.29. The number of carbonyl (C=O) groups is 3. The van der Waals surface area contributed by atoms with Gasteiger partial charge in [0.25, 0.3) is 5.56 Å². The van der Waals surface area contributed by atoms with Gasteiger partial charge in [-0.05, 0) is 51.3 Å². The van der Waals surface area contributed by atoms with Crippen LogP contribution in [0.1, 0.15) is 76.8 Å². The summed E-state index contributed by atoms with van der Waals surface area (Å²) in [6.07, 6.45) is -0.810. The Labute approximate surface area is 264 Å². The van der Waals surface area contributed by atoms with Crippen molar-refractivity contribution in [2.75, 3.05) is 6.54 Å². The molecule has 0 spiro atoms. The molecule has 11 heteroatoms. The standard InChI is InChI=1S/C34H43N3O7Si/c1-9-34(43-26(38)14-15-35-32(41)44-33(4,5)6)23-17-25-28-22(16-21-12-10-11-13-24(21)36-28)18-37(25)29(39)27(23)30(42-31(34)40)45(7,8)19-20(2)3/h10-13,16-17,20,30H,9,14-15,18-19H2,1-8H3,(H,35,41). The summed E-state index contributed by atoms with van der Waals surface area (Å²) in [7, 11) is -2.38. The Morgan fingerprint density at radius 3 is 2.56 bits per heavy atom. The molecule has 240 valence electrons. The minimum Gasteiger partial charge on any atom is -0.458 e. The van der Waals surface area contributed by atoms with Crippen molar-refractivity contribution in [3.8, 4) is 11.4 Å². The largest absolute Gasteiger partial charge is 0.458 e. The predicted octanol–water partition coefficient (Wildman–Crippen LogP) is 5.99. The minimum atomic E-state index is -2.38. The third kappa shape index (κ3) is 6.14. The number of ether oxygens (including phenoxy) is 3. The summed E-state index contributed by atoms with van der Waals surface area (Å²) in [4.78, 5) is 58.9. The molecule has 1 amide bonds. The van der Waals surface area contributed by atoms with E-state index in [9.17, 15) is 19.2 Å². The van der Waals surface area contributed by atoms with Crippen molar-refractivity contribution < 1.29 is 28.6 Å². The van der Waals surface area contributed by atoms with Gasteiger partial charge in [0.15, 0.2) is 0 Å². The number of aromatic nitrogens is 2. The number of para-hydroxylation sites is 1. The van der Waals surface area contributed by atoms with Gasteiger partial charge in [0.05, 0.1) is 35.4 Å². The molecule has 0 fully saturated rings. The Bertz CT molecular complexity index is 1740. The topological polar surface area (TPSA) is 126 Å². The molecule has 0 bridgehead atoms. The Kier molecular flexibility index (Phi) is 8.45. The number of cyclic esters (lactones) is 1. The van der Waals surface area contributed by atoms with Crippen LogP contribution in [0.15, 0.2) is 41.2 Å². The number of esters is 2. The second-order valence-corrected chi connectivity index (χ2v) is 19.1. The smallest absolute Gasteiger partial charge is 0.407 e. The van der Waals surface area contributed by atoms with Crippen molar-refractivity contribution in [2.45, 2.75) is 97.0 Å². The number of nitrogens with zero attached hydrogens (tertiary/aromatic N) is 2. The zero-order chi connectivity index (χ0) is 32.9. The Hall–Kier alpha value is -3.99. The first-order valence-corrected chi connectivity index (χ1v) is 18.9. The molecule has 3 aromatic rings. The van der Waals surface area contributed by atoms with E-state index in [-0.39, 0.29) is 24.9 Å². The number of carbonyl (C=O) groups excluding carboxylic acids is 3. The molecule has 45 heavy (non-hydrogen) atoms. The summed E-state index contributed by atoms with van der Waals surface area (Å²) < 4.78 is 19.1. The molecule has 1 aromatic carbocycles. The summed E-state index contributed by atoms with van der Waals surface area (Å²) >= 11 is 0. The second kappa shape index (κ2) is 11.7. The van der Waals surface area contributed by atoms with Crippen LogP contribution in [0.2, 0.25) is 19.1 Å². The zero-order valence-corrected chi connectivity index (χ0v) is 28.4. The number of hydrogen-bond acceptors (Lipinski definition) is 8. The number of fused-ring (bicyclic) bond motifs is 5. The maximum absolute atomic E-state index is 14.5. The molecular formula is C34H43N3O7Si. The fourth-order valence-corrected chi connectivity index (χ4v) is 10.5. The molecule has 0 aliphatic carbocycles. The van der Waals surface area contributed by atoms with Gasteiger partial charge < -0.3 is 24.1 Å². The highest BCUT2D eigenvalue weighted by molar-refractivity contribution is 6.78. The van der Waals surface area contributed by atoms with Gasteiger partial charge in [0, 0.05) is 23.1 Å². The maximum atomic E-state index is 14.5. The van der Waals surface area contributed by atoms with E-state index in [1.807, 2.05) is 36.4 Å². The van der Waals surface area contributed by atoms with E-state index in [1.165, 1.54) is 0 Å². The van der Waals surface area contributed by atoms with Crippen LogP contribution in [0.3, 0.4) is 0 Å². The summed E-state index contributed by atoms with van der Waals surface area (Å²) in [5, 5.41) is 3.52. The molecule has 2 aromatic heterocycles. The van der Waals surface area contributed by atoms with E-state index in [2.05, 4.69) is 32.3 Å². The lowest BCUT2D eigenvalue weighted by Crippen LogP contribution is -2.54. The second-order valence-electron chi connectivity index (χ2n) is 14.1. The van der Waals surface area contributed by atoms with E-state index in [0.717, 1.165) is 22.5 Å². The Morgan fingerprint density at radius 1 is 1.18 bits per heavy atom. The molecule has 2 aliphatic rings. The van der Waals surface area contributed by atoms with Crippen LogP contribution in [-0.2, 0) is 35.9 Å². The molecular weight excluding hydrogens is 590 g/mol. The first-order chi connectivity index (χ1) is 21.1. The first kappa shape index (κ1) is 32.4. The van der Waals surface area contributed by atoms with E-state index in [0.29, 0.717) is 35.0 Å². The van der Waals surface area contributed by atoms with Crippen molar-refractivity contribution in [2.24, 2.45) is 5.92 Å². The number of rotatable bonds is 8. The number of hydrogen-bond donors (Lipinski definition) is 1. The highest BCUT2D eigenvalue weighted by atomic mass is 28.3. The molecule has 10 nitrogen and oxygen atoms in total. The van der Waals surface area contributed by atoms with E-state index < -0.39 is 43.0 Å². The fraction of sp³-hybridized carbons (Fsp3) is 0.500. The SMILES string of the molecule is CCC1(OC(=O)CCNC(=O)OC(C)(C)C)C(=O)OC([Si](C)(C)CC(C)C)c2c1cc1n(c2=O)Cc2cc3ccccc3nc2-1. The number of amides is 1. The van der Waals surface area contributed by atoms with Gasteiger partial charge in [-0.25, -0.2) is 14.6 Å². The van der Waals surface area contributed by atoms with Crippen LogP contribution >= 0.6 is 0 Å². The van der Waals surface area contributed by atoms with Crippen LogP contribution in [0, 0.1) is 5.92 Å². The van der Waals surface area contributed by atoms with Gasteiger partial charge in [-0.3, -0.25) is 9.59 Å². The molecule has 0 saturated heterocycles. The van der Waals surface area contributed by atoms with Crippen molar-refractivity contribution >= 4 is 37.0 Å². The molecule has 4 heterocycles. The van der Waals surface area contributed by atoms with Crippen molar-refractivity contribution in [1.82, 2.24) is 14.9 Å². The van der Waals surface area contributed by atoms with Gasteiger partial charge in [-0.2, -0.15) is 0 Å². The molecule has 0 radical (unpaired) electrons. The molecule has 2 aliphatic heterocycles. The third-order valence-corrected chi connectivity index (χ3v) is 12.1. The lowest BCUT2D eigenvalue weighted by atomic mass is 9.85. The molecule has 2 atom stereocenters. The quantitative estimate of drug-likeness (QED) is 0.143. The van der Waals surface area contributed by atoms with Gasteiger partial charge in [0.1, 0.15) is 19.4 Å². The molecule has 2 unspecified atom stereocenters. The molecule has 5 rings (SSSR count). The minimum absolute atomic E-state index is 0.0520. The van der Waals surface area contributed by atoms with Crippen LogP contribution in [0.4, 0.5) is 4.79 Å². The maximum Gasteiger partial charge on any atom is 0.407 e. The number of benzene rings is 1. The van der Waals surface area contributed by atoms with E-state index >= 15 is 0 Å². The van der Waals surface area contributed by atoms with Crippen LogP contribution < -0.4 is 10.9 Å². The summed E-state index contributed by atoms with van der Waals surface area (Å²) in [6, 6.07) is 12.5. The van der Waals surface area contributed by atoms with Gasteiger partial charge in [0.2, 0.25) is 5.60 Å². The summed E-state index contributed by atoms with van der Waals surface area (Å²) in [6.45, 7) is 15.7. The van der Waals surface area contributed by atoms with E-state index in [4.69, 9.17) is 19.2 Å². The predicted molar refractivity (Wildman–Crippen MR) is 173 cm³/mol. The van der Waals surface area contributed by atoms with Crippen LogP contribution in [-0.4, -0.2) is 47.8 Å². The Balaban J connectivity index is 1.59. The Morgan fingerprint density at radius 2 is 1.89 bits per heavy atom. The summed E-state index contributed by atoms with van der Waals surface area (Å²) in [5.74, 6) is -1.06. The zero-order valence-electron chi connectivity index (χ0n) is 27.4. The normalized spacial score (nSPS) is 19.0. The van der Waals surface area contributed by atoms with Crippen molar-refractivity contribution in [3.63, 3.8) is 0 Å². The van der Waals surface area contributed by atoms with Crippen LogP contribution in [0.5, 0.6) is 0 Å². The van der Waals surface area contributed by atoms with E-state index in [1.54, 1.807) is 32.3 Å². The van der Waals surface area contributed by atoms with Gasteiger partial charge >= 0.3 is 18.0 Å². The number of pyridine rings is 2. The average molecular weight is 634 g/mol. The fourth-order valence-electron chi connectivity index (χ4n) is 6.69. The van der Waals surface area contributed by atoms with Crippen molar-refractivity contribution in [3.05, 3.63) is 63.4 Å². The number of alkyl carbamates (subject to hydrolysis) is 1. The lowest BCUT2D eigenvalue weighted by molar-refractivity contribution is -0.190. The van der Waals surface area contributed by atoms with Gasteiger partial charge in [-0.15, -0.1) is 0 Å². The van der Waals surface area contributed by atoms with Gasteiger partial charge in [-0.1, -0.05) is 58.1 Å². The highest BCUT2D eigenvalue weighted by Gasteiger charge is 2.56. The first-order valence-electron chi connectivity index (χ1n) is 15.6. The molecule has 1 N–H and O–H groups in total. The highest BCUT2D eigenvalue weighted by Crippen LogP contribution is 2.47. The van der Waals surface area contributed by atoms with Crippen LogP contribution in [0.25, 0.3) is 22.3 Å². The van der Waals surface area contributed by atoms with Crippen molar-refractivity contribution in [1.29, 1.82) is 0 Å². The number of nitrogens with one attached hydrogen (secondary N) is 1. The monoisotopic (exact) mass is 633 g/mol. The lowest BCUT2D eigenvalue weighted by Gasteiger charge is -2.43. The third-order valence-electron chi connectivity index (χ3n) is 8.39.